The molecule has 1 heterocycles. The molecule has 3 rings (SSSR count). The summed E-state index contributed by atoms with van der Waals surface area (Å²) in [5.74, 6) is 1.07. The first kappa shape index (κ1) is 15.3. The first-order valence-corrected chi connectivity index (χ1v) is 7.80. The number of likely N-dealkylation sites (N-methyl/N-ethyl adjacent to an activating group) is 1. The number of aryl methyl sites for hydroxylation is 1. The molecule has 0 amide bonds. The summed E-state index contributed by atoms with van der Waals surface area (Å²) in [7, 11) is 1.95. The Hall–Kier alpha value is -2.64. The molecule has 0 bridgehead atoms. The van der Waals surface area contributed by atoms with Crippen LogP contribution in [0.3, 0.4) is 0 Å². The maximum atomic E-state index is 9.08. The Morgan fingerprint density at radius 3 is 2.87 bits per heavy atom. The van der Waals surface area contributed by atoms with Crippen LogP contribution in [-0.2, 0) is 13.0 Å². The number of nitrogens with zero attached hydrogens (tertiary/aromatic N) is 3. The van der Waals surface area contributed by atoms with E-state index in [0.717, 1.165) is 41.9 Å². The van der Waals surface area contributed by atoms with Gasteiger partial charge in [0.25, 0.3) is 0 Å². The summed E-state index contributed by atoms with van der Waals surface area (Å²) < 4.78 is 2.25. The van der Waals surface area contributed by atoms with E-state index in [0.29, 0.717) is 5.56 Å². The van der Waals surface area contributed by atoms with Gasteiger partial charge in [-0.05, 0) is 49.4 Å². The second-order valence-electron chi connectivity index (χ2n) is 5.77. The number of hydrogen-bond donors (Lipinski definition) is 1. The van der Waals surface area contributed by atoms with Gasteiger partial charge in [-0.25, -0.2) is 4.98 Å². The molecule has 0 saturated heterocycles. The lowest BCUT2D eigenvalue weighted by Crippen LogP contribution is -2.14. The van der Waals surface area contributed by atoms with Gasteiger partial charge in [-0.15, -0.1) is 0 Å². The van der Waals surface area contributed by atoms with Crippen LogP contribution in [0.2, 0.25) is 0 Å². The van der Waals surface area contributed by atoms with E-state index < -0.39 is 0 Å². The van der Waals surface area contributed by atoms with Crippen LogP contribution in [0, 0.1) is 18.3 Å². The Morgan fingerprint density at radius 2 is 2.09 bits per heavy atom. The van der Waals surface area contributed by atoms with Crippen molar-refractivity contribution in [3.63, 3.8) is 0 Å². The third-order valence-electron chi connectivity index (χ3n) is 3.98. The topological polar surface area (TPSA) is 53.6 Å². The lowest BCUT2D eigenvalue weighted by Gasteiger charge is -2.10. The molecule has 0 unspecified atom stereocenters. The monoisotopic (exact) mass is 304 g/mol. The largest absolute Gasteiger partial charge is 0.323 e. The second kappa shape index (κ2) is 6.64. The van der Waals surface area contributed by atoms with E-state index in [9.17, 15) is 0 Å². The normalized spacial score (nSPS) is 10.8. The van der Waals surface area contributed by atoms with Crippen molar-refractivity contribution in [1.82, 2.24) is 14.9 Å². The molecule has 4 nitrogen and oxygen atoms in total. The fraction of sp³-hybridized carbons (Fsp3) is 0.263. The molecule has 0 atom stereocenters. The Morgan fingerprint density at radius 1 is 1.22 bits per heavy atom. The van der Waals surface area contributed by atoms with Crippen LogP contribution >= 0.6 is 0 Å². The van der Waals surface area contributed by atoms with E-state index >= 15 is 0 Å². The van der Waals surface area contributed by atoms with Crippen molar-refractivity contribution in [2.45, 2.75) is 19.9 Å². The zero-order chi connectivity index (χ0) is 16.2. The Bertz CT molecular complexity index is 871. The number of benzene rings is 2. The van der Waals surface area contributed by atoms with Gasteiger partial charge in [-0.2, -0.15) is 5.26 Å². The summed E-state index contributed by atoms with van der Waals surface area (Å²) in [4.78, 5) is 4.81. The number of aromatic nitrogens is 2. The predicted octanol–water partition coefficient (Wildman–Crippen LogP) is 3.03. The van der Waals surface area contributed by atoms with Gasteiger partial charge in [0.2, 0.25) is 0 Å². The minimum atomic E-state index is 0.694. The number of hydrogen-bond acceptors (Lipinski definition) is 3. The average molecular weight is 304 g/mol. The van der Waals surface area contributed by atoms with Crippen molar-refractivity contribution in [1.29, 1.82) is 5.26 Å². The quantitative estimate of drug-likeness (QED) is 0.788. The number of nitrogens with one attached hydrogen (secondary N) is 1. The van der Waals surface area contributed by atoms with Gasteiger partial charge in [0.05, 0.1) is 22.7 Å². The van der Waals surface area contributed by atoms with Crippen LogP contribution in [0.15, 0.2) is 42.5 Å². The smallest absolute Gasteiger partial charge is 0.111 e. The van der Waals surface area contributed by atoms with Crippen molar-refractivity contribution in [2.24, 2.45) is 0 Å². The van der Waals surface area contributed by atoms with Gasteiger partial charge >= 0.3 is 0 Å². The standard InChI is InChI=1S/C19H20N4/c1-14-6-7-18-17(10-14)22-19(8-9-21-2)23(18)13-16-5-3-4-15(11-16)12-20/h3-7,10-11,21H,8-9,13H2,1-2H3. The fourth-order valence-corrected chi connectivity index (χ4v) is 2.82. The number of fused-ring (bicyclic) bond motifs is 1. The molecule has 1 aromatic heterocycles. The summed E-state index contributed by atoms with van der Waals surface area (Å²) >= 11 is 0. The molecule has 2 aromatic carbocycles. The molecule has 0 spiro atoms. The second-order valence-corrected chi connectivity index (χ2v) is 5.77. The summed E-state index contributed by atoms with van der Waals surface area (Å²) in [6.45, 7) is 3.71. The van der Waals surface area contributed by atoms with Gasteiger partial charge in [0.15, 0.2) is 0 Å². The molecule has 0 fully saturated rings. The van der Waals surface area contributed by atoms with E-state index in [2.05, 4.69) is 47.1 Å². The van der Waals surface area contributed by atoms with Gasteiger partial charge < -0.3 is 9.88 Å². The Labute approximate surface area is 136 Å². The highest BCUT2D eigenvalue weighted by molar-refractivity contribution is 5.77. The maximum absolute atomic E-state index is 9.08. The molecule has 1 N–H and O–H groups in total. The zero-order valence-electron chi connectivity index (χ0n) is 13.5. The highest BCUT2D eigenvalue weighted by Crippen LogP contribution is 2.20. The van der Waals surface area contributed by atoms with Crippen molar-refractivity contribution in [3.8, 4) is 6.07 Å². The molecule has 3 aromatic rings. The lowest BCUT2D eigenvalue weighted by molar-refractivity contribution is 0.696. The molecule has 116 valence electrons. The molecule has 4 heteroatoms. The molecule has 0 aliphatic heterocycles. The van der Waals surface area contributed by atoms with Crippen LogP contribution in [0.25, 0.3) is 11.0 Å². The maximum Gasteiger partial charge on any atom is 0.111 e. The Balaban J connectivity index is 2.04. The van der Waals surface area contributed by atoms with E-state index in [-0.39, 0.29) is 0 Å². The summed E-state index contributed by atoms with van der Waals surface area (Å²) in [6, 6.07) is 16.4. The highest BCUT2D eigenvalue weighted by Gasteiger charge is 2.11. The van der Waals surface area contributed by atoms with Crippen LogP contribution in [0.1, 0.15) is 22.5 Å². The number of nitriles is 1. The third kappa shape index (κ3) is 3.25. The van der Waals surface area contributed by atoms with Crippen LogP contribution in [0.5, 0.6) is 0 Å². The first-order chi connectivity index (χ1) is 11.2. The summed E-state index contributed by atoms with van der Waals surface area (Å²) in [6.07, 6.45) is 0.877. The van der Waals surface area contributed by atoms with E-state index in [1.165, 1.54) is 5.56 Å². The summed E-state index contributed by atoms with van der Waals surface area (Å²) in [5, 5.41) is 12.3. The molecular weight excluding hydrogens is 284 g/mol. The minimum absolute atomic E-state index is 0.694. The van der Waals surface area contributed by atoms with E-state index in [1.54, 1.807) is 0 Å². The lowest BCUT2D eigenvalue weighted by atomic mass is 10.1. The van der Waals surface area contributed by atoms with Gasteiger partial charge in [-0.1, -0.05) is 18.2 Å². The predicted molar refractivity (Wildman–Crippen MR) is 92.4 cm³/mol. The average Bonchev–Trinajstić information content (AvgIpc) is 2.89. The van der Waals surface area contributed by atoms with Crippen LogP contribution < -0.4 is 5.32 Å². The third-order valence-corrected chi connectivity index (χ3v) is 3.98. The molecule has 0 aliphatic rings. The molecule has 0 saturated carbocycles. The SMILES string of the molecule is CNCCc1nc2cc(C)ccc2n1Cc1cccc(C#N)c1. The number of imidazole rings is 1. The zero-order valence-corrected chi connectivity index (χ0v) is 13.5. The van der Waals surface area contributed by atoms with E-state index in [4.69, 9.17) is 10.2 Å². The van der Waals surface area contributed by atoms with Crippen molar-refractivity contribution < 1.29 is 0 Å². The van der Waals surface area contributed by atoms with Gasteiger partial charge in [-0.3, -0.25) is 0 Å². The summed E-state index contributed by atoms with van der Waals surface area (Å²) in [5.41, 5.74) is 5.21. The molecule has 0 aliphatic carbocycles. The van der Waals surface area contributed by atoms with Crippen LogP contribution in [0.4, 0.5) is 0 Å². The fourth-order valence-electron chi connectivity index (χ4n) is 2.82. The van der Waals surface area contributed by atoms with Crippen LogP contribution in [-0.4, -0.2) is 23.1 Å². The van der Waals surface area contributed by atoms with Crippen molar-refractivity contribution >= 4 is 11.0 Å². The van der Waals surface area contributed by atoms with E-state index in [1.807, 2.05) is 25.2 Å². The number of rotatable bonds is 5. The van der Waals surface area contributed by atoms with Crippen molar-refractivity contribution in [2.75, 3.05) is 13.6 Å². The van der Waals surface area contributed by atoms with Gasteiger partial charge in [0.1, 0.15) is 5.82 Å². The molecular formula is C19H20N4. The van der Waals surface area contributed by atoms with Gasteiger partial charge in [0, 0.05) is 19.5 Å². The Kier molecular flexibility index (Phi) is 4.40. The minimum Gasteiger partial charge on any atom is -0.323 e. The molecule has 23 heavy (non-hydrogen) atoms. The van der Waals surface area contributed by atoms with Crippen molar-refractivity contribution in [3.05, 3.63) is 65.0 Å². The molecule has 0 radical (unpaired) electrons. The first-order valence-electron chi connectivity index (χ1n) is 7.80. The highest BCUT2D eigenvalue weighted by atomic mass is 15.1.